The summed E-state index contributed by atoms with van der Waals surface area (Å²) in [6, 6.07) is 5.45. The van der Waals surface area contributed by atoms with Gasteiger partial charge in [0.15, 0.2) is 0 Å². The Hall–Kier alpha value is -0.750. The van der Waals surface area contributed by atoms with Crippen molar-refractivity contribution >= 4 is 15.9 Å². The highest BCUT2D eigenvalue weighted by Crippen LogP contribution is 2.49. The fourth-order valence-corrected chi connectivity index (χ4v) is 3.84. The van der Waals surface area contributed by atoms with Crippen LogP contribution >= 0.6 is 15.9 Å². The largest absolute Gasteiger partial charge is 0.487 e. The summed E-state index contributed by atoms with van der Waals surface area (Å²) in [5.41, 5.74) is 6.62. The molecule has 0 radical (unpaired) electrons. The maximum atomic E-state index is 12.8. The normalized spacial score (nSPS) is 32.6. The van der Waals surface area contributed by atoms with Gasteiger partial charge in [0.25, 0.3) is 0 Å². The first-order valence-corrected chi connectivity index (χ1v) is 7.89. The zero-order chi connectivity index (χ0) is 15.3. The average Bonchev–Trinajstić information content (AvgIpc) is 2.39. The van der Waals surface area contributed by atoms with E-state index in [1.54, 1.807) is 0 Å². The molecule has 1 aromatic carbocycles. The van der Waals surface area contributed by atoms with Crippen molar-refractivity contribution in [2.75, 3.05) is 0 Å². The van der Waals surface area contributed by atoms with Crippen LogP contribution in [0.5, 0.6) is 5.75 Å². The molecule has 0 aromatic heterocycles. The molecule has 2 N–H and O–H groups in total. The van der Waals surface area contributed by atoms with Crippen LogP contribution < -0.4 is 10.5 Å². The minimum atomic E-state index is -4.10. The Bertz CT molecular complexity index is 538. The number of halogens is 4. The van der Waals surface area contributed by atoms with Gasteiger partial charge in [0.05, 0.1) is 5.92 Å². The van der Waals surface area contributed by atoms with E-state index in [0.717, 1.165) is 10.0 Å². The van der Waals surface area contributed by atoms with E-state index in [0.29, 0.717) is 25.0 Å². The van der Waals surface area contributed by atoms with E-state index < -0.39 is 17.7 Å². The maximum absolute atomic E-state index is 12.8. The van der Waals surface area contributed by atoms with Crippen LogP contribution in [0.25, 0.3) is 0 Å². The quantitative estimate of drug-likeness (QED) is 0.723. The number of fused-ring (bicyclic) bond motifs is 1. The van der Waals surface area contributed by atoms with E-state index in [1.165, 1.54) is 0 Å². The minimum Gasteiger partial charge on any atom is -0.487 e. The van der Waals surface area contributed by atoms with Gasteiger partial charge in [-0.05, 0) is 43.9 Å². The second kappa shape index (κ2) is 5.16. The molecule has 2 nitrogen and oxygen atoms in total. The molecule has 1 aromatic rings. The van der Waals surface area contributed by atoms with E-state index in [4.69, 9.17) is 10.5 Å². The van der Waals surface area contributed by atoms with E-state index in [2.05, 4.69) is 15.9 Å². The van der Waals surface area contributed by atoms with Crippen LogP contribution in [0, 0.1) is 5.92 Å². The Morgan fingerprint density at radius 3 is 2.52 bits per heavy atom. The van der Waals surface area contributed by atoms with Crippen LogP contribution in [-0.2, 0) is 0 Å². The second-order valence-electron chi connectivity index (χ2n) is 6.09. The minimum absolute atomic E-state index is 0.127. The number of nitrogens with two attached hydrogens (primary N) is 1. The Morgan fingerprint density at radius 1 is 1.24 bits per heavy atom. The highest BCUT2D eigenvalue weighted by Gasteiger charge is 2.49. The summed E-state index contributed by atoms with van der Waals surface area (Å²) in [6.07, 6.45) is -2.42. The summed E-state index contributed by atoms with van der Waals surface area (Å²) in [5, 5.41) is 0. The molecule has 0 unspecified atom stereocenters. The van der Waals surface area contributed by atoms with Crippen molar-refractivity contribution in [3.63, 3.8) is 0 Å². The van der Waals surface area contributed by atoms with Crippen LogP contribution in [0.2, 0.25) is 0 Å². The summed E-state index contributed by atoms with van der Waals surface area (Å²) in [4.78, 5) is 0. The van der Waals surface area contributed by atoms with Crippen molar-refractivity contribution in [3.05, 3.63) is 28.2 Å². The van der Waals surface area contributed by atoms with Gasteiger partial charge in [-0.2, -0.15) is 13.2 Å². The van der Waals surface area contributed by atoms with Gasteiger partial charge >= 0.3 is 6.18 Å². The average molecular weight is 364 g/mol. The zero-order valence-corrected chi connectivity index (χ0v) is 13.0. The highest BCUT2D eigenvalue weighted by molar-refractivity contribution is 9.10. The molecule has 0 amide bonds. The second-order valence-corrected chi connectivity index (χ2v) is 7.01. The van der Waals surface area contributed by atoms with Crippen LogP contribution in [0.1, 0.15) is 43.7 Å². The summed E-state index contributed by atoms with van der Waals surface area (Å²) in [5.74, 6) is -0.489. The van der Waals surface area contributed by atoms with Crippen molar-refractivity contribution in [1.29, 1.82) is 0 Å². The third-order valence-electron chi connectivity index (χ3n) is 4.65. The Kier molecular flexibility index (Phi) is 3.72. The van der Waals surface area contributed by atoms with Gasteiger partial charge < -0.3 is 10.5 Å². The third-order valence-corrected chi connectivity index (χ3v) is 5.14. The number of alkyl halides is 3. The van der Waals surface area contributed by atoms with Gasteiger partial charge in [0.2, 0.25) is 0 Å². The van der Waals surface area contributed by atoms with E-state index in [9.17, 15) is 13.2 Å². The first-order valence-electron chi connectivity index (χ1n) is 7.10. The number of hydrogen-bond acceptors (Lipinski definition) is 2. The van der Waals surface area contributed by atoms with Crippen LogP contribution in [-0.4, -0.2) is 11.8 Å². The summed E-state index contributed by atoms with van der Waals surface area (Å²) < 4.78 is 45.4. The van der Waals surface area contributed by atoms with Crippen molar-refractivity contribution in [1.82, 2.24) is 0 Å². The number of rotatable bonds is 0. The molecule has 0 bridgehead atoms. The number of benzene rings is 1. The lowest BCUT2D eigenvalue weighted by Gasteiger charge is -2.45. The molecule has 1 spiro atoms. The molecular weight excluding hydrogens is 347 g/mol. The van der Waals surface area contributed by atoms with Gasteiger partial charge in [-0.3, -0.25) is 0 Å². The smallest absolute Gasteiger partial charge is 0.391 e. The summed E-state index contributed by atoms with van der Waals surface area (Å²) >= 11 is 3.40. The maximum Gasteiger partial charge on any atom is 0.391 e. The molecule has 1 saturated carbocycles. The third kappa shape index (κ3) is 2.93. The van der Waals surface area contributed by atoms with E-state index in [1.807, 2.05) is 18.2 Å². The van der Waals surface area contributed by atoms with Crippen LogP contribution in [0.15, 0.2) is 22.7 Å². The summed E-state index contributed by atoms with van der Waals surface area (Å²) in [7, 11) is 0. The monoisotopic (exact) mass is 363 g/mol. The molecule has 1 heterocycles. The van der Waals surface area contributed by atoms with Crippen molar-refractivity contribution in [2.45, 2.75) is 49.9 Å². The van der Waals surface area contributed by atoms with E-state index >= 15 is 0 Å². The topological polar surface area (TPSA) is 35.2 Å². The molecule has 3 rings (SSSR count). The fourth-order valence-electron chi connectivity index (χ4n) is 3.47. The molecule has 116 valence electrons. The van der Waals surface area contributed by atoms with Gasteiger partial charge in [0, 0.05) is 22.5 Å². The predicted octanol–water partition coefficient (Wildman–Crippen LogP) is 4.72. The molecular formula is C15H17BrF3NO. The van der Waals surface area contributed by atoms with Crippen molar-refractivity contribution in [2.24, 2.45) is 11.7 Å². The number of hydrogen-bond donors (Lipinski definition) is 1. The van der Waals surface area contributed by atoms with Crippen molar-refractivity contribution in [3.8, 4) is 5.75 Å². The molecule has 1 aliphatic heterocycles. The molecule has 1 atom stereocenters. The Labute approximate surface area is 130 Å². The van der Waals surface area contributed by atoms with Gasteiger partial charge in [0.1, 0.15) is 11.4 Å². The zero-order valence-electron chi connectivity index (χ0n) is 11.4. The molecule has 1 fully saturated rings. The first-order chi connectivity index (χ1) is 9.79. The van der Waals surface area contributed by atoms with Gasteiger partial charge in [-0.25, -0.2) is 0 Å². The predicted molar refractivity (Wildman–Crippen MR) is 77.1 cm³/mol. The highest BCUT2D eigenvalue weighted by atomic mass is 79.9. The molecule has 6 heteroatoms. The van der Waals surface area contributed by atoms with Crippen molar-refractivity contribution < 1.29 is 17.9 Å². The standard InChI is InChI=1S/C15H17BrF3NO/c16-10-1-2-13-11(7-10)12(20)8-14(21-13)5-3-9(4-6-14)15(17,18)19/h1-2,7,9,12H,3-6,8,20H2/t9?,12-,14?/m1/s1. The molecule has 0 saturated heterocycles. The van der Waals surface area contributed by atoms with Crippen LogP contribution in [0.4, 0.5) is 13.2 Å². The lowest BCUT2D eigenvalue weighted by atomic mass is 9.73. The van der Waals surface area contributed by atoms with Crippen LogP contribution in [0.3, 0.4) is 0 Å². The Balaban J connectivity index is 1.79. The number of ether oxygens (including phenoxy) is 1. The molecule has 1 aliphatic carbocycles. The molecule has 21 heavy (non-hydrogen) atoms. The lowest BCUT2D eigenvalue weighted by molar-refractivity contribution is -0.191. The lowest BCUT2D eigenvalue weighted by Crippen LogP contribution is -2.47. The fraction of sp³-hybridized carbons (Fsp3) is 0.600. The van der Waals surface area contributed by atoms with E-state index in [-0.39, 0.29) is 18.9 Å². The first kappa shape index (κ1) is 15.2. The van der Waals surface area contributed by atoms with Gasteiger partial charge in [-0.1, -0.05) is 15.9 Å². The molecule has 2 aliphatic rings. The SMILES string of the molecule is N[C@@H]1CC2(CCC(C(F)(F)F)CC2)Oc2ccc(Br)cc21. The van der Waals surface area contributed by atoms with Gasteiger partial charge in [-0.15, -0.1) is 0 Å². The Morgan fingerprint density at radius 2 is 1.90 bits per heavy atom. The summed E-state index contributed by atoms with van der Waals surface area (Å²) in [6.45, 7) is 0.